The Labute approximate surface area is 201 Å². The third kappa shape index (κ3) is 6.17. The number of sulfone groups is 1. The second-order valence-electron chi connectivity index (χ2n) is 9.44. The van der Waals surface area contributed by atoms with Crippen LogP contribution in [-0.2, 0) is 20.4 Å². The summed E-state index contributed by atoms with van der Waals surface area (Å²) in [5, 5.41) is 8.96. The largest absolute Gasteiger partial charge is 0.371 e. The first-order valence-electron chi connectivity index (χ1n) is 12.1. The van der Waals surface area contributed by atoms with E-state index < -0.39 is 21.8 Å². The van der Waals surface area contributed by atoms with Crippen molar-refractivity contribution in [3.05, 3.63) is 59.2 Å². The summed E-state index contributed by atoms with van der Waals surface area (Å²) in [6.07, 6.45) is 7.94. The molecule has 34 heavy (non-hydrogen) atoms. The van der Waals surface area contributed by atoms with Gasteiger partial charge in [0.2, 0.25) is 5.91 Å². The lowest BCUT2D eigenvalue weighted by Crippen LogP contribution is -2.44. The third-order valence-corrected chi connectivity index (χ3v) is 8.28. The maximum absolute atomic E-state index is 12.8. The van der Waals surface area contributed by atoms with E-state index in [4.69, 9.17) is 0 Å². The number of nitrogens with one attached hydrogen (secondary N) is 3. The molecule has 2 amide bonds. The van der Waals surface area contributed by atoms with Crippen LogP contribution in [-0.4, -0.2) is 38.1 Å². The first-order chi connectivity index (χ1) is 16.3. The highest BCUT2D eigenvalue weighted by Crippen LogP contribution is 2.29. The van der Waals surface area contributed by atoms with Gasteiger partial charge in [-0.05, 0) is 49.1 Å². The Morgan fingerprint density at radius 3 is 2.44 bits per heavy atom. The van der Waals surface area contributed by atoms with Gasteiger partial charge in [0.05, 0.1) is 22.9 Å². The molecule has 4 rings (SSSR count). The molecule has 182 valence electrons. The van der Waals surface area contributed by atoms with Gasteiger partial charge in [-0.25, -0.2) is 8.42 Å². The predicted molar refractivity (Wildman–Crippen MR) is 135 cm³/mol. The maximum Gasteiger partial charge on any atom is 0.251 e. The van der Waals surface area contributed by atoms with Crippen molar-refractivity contribution in [3.63, 3.8) is 0 Å². The fraction of sp³-hybridized carbons (Fsp3) is 0.462. The third-order valence-electron chi connectivity index (χ3n) is 6.68. The smallest absolute Gasteiger partial charge is 0.251 e. The first-order valence-corrected chi connectivity index (χ1v) is 13.9. The number of amides is 2. The summed E-state index contributed by atoms with van der Waals surface area (Å²) in [7, 11) is -3.52. The molecule has 1 atom stereocenters. The van der Waals surface area contributed by atoms with Gasteiger partial charge < -0.3 is 16.0 Å². The van der Waals surface area contributed by atoms with E-state index >= 15 is 0 Å². The molecular weight excluding hydrogens is 450 g/mol. The molecule has 1 heterocycles. The van der Waals surface area contributed by atoms with E-state index in [1.54, 1.807) is 24.3 Å². The molecule has 0 saturated heterocycles. The molecule has 0 radical (unpaired) electrons. The number of fused-ring (bicyclic) bond motifs is 1. The fourth-order valence-electron chi connectivity index (χ4n) is 4.70. The summed E-state index contributed by atoms with van der Waals surface area (Å²) in [5.41, 5.74) is 3.22. The average molecular weight is 484 g/mol. The van der Waals surface area contributed by atoms with Crippen LogP contribution < -0.4 is 16.0 Å². The van der Waals surface area contributed by atoms with Crippen molar-refractivity contribution < 1.29 is 18.0 Å². The van der Waals surface area contributed by atoms with Crippen molar-refractivity contribution in [2.75, 3.05) is 16.4 Å². The molecule has 2 aromatic rings. The molecule has 2 aliphatic rings. The number of carbonyl (C=O) groups excluding carboxylic acids is 2. The molecule has 1 aliphatic heterocycles. The van der Waals surface area contributed by atoms with Gasteiger partial charge in [-0.2, -0.15) is 0 Å². The van der Waals surface area contributed by atoms with Crippen LogP contribution >= 0.6 is 0 Å². The van der Waals surface area contributed by atoms with Crippen molar-refractivity contribution in [1.29, 1.82) is 0 Å². The van der Waals surface area contributed by atoms with Crippen LogP contribution in [0.4, 0.5) is 11.4 Å². The molecule has 8 heteroatoms. The Morgan fingerprint density at radius 2 is 1.71 bits per heavy atom. The maximum atomic E-state index is 12.8. The normalized spacial score (nSPS) is 19.2. The van der Waals surface area contributed by atoms with Crippen LogP contribution in [0.15, 0.2) is 42.5 Å². The SMILES string of the molecule is Cc1ccccc1CS(=O)(=O)C[C@H]1Nc2ccc(C(=O)NC3CCCCCCC3)cc2NC1=O. The van der Waals surface area contributed by atoms with Crippen LogP contribution in [0.25, 0.3) is 0 Å². The molecular formula is C26H33N3O4S. The van der Waals surface area contributed by atoms with E-state index in [9.17, 15) is 18.0 Å². The van der Waals surface area contributed by atoms with Crippen molar-refractivity contribution >= 4 is 33.0 Å². The zero-order chi connectivity index (χ0) is 24.1. The lowest BCUT2D eigenvalue weighted by Gasteiger charge is -2.27. The molecule has 0 bridgehead atoms. The summed E-state index contributed by atoms with van der Waals surface area (Å²) in [6, 6.07) is 11.7. The summed E-state index contributed by atoms with van der Waals surface area (Å²) >= 11 is 0. The van der Waals surface area contributed by atoms with Gasteiger partial charge in [0.15, 0.2) is 9.84 Å². The minimum atomic E-state index is -3.52. The van der Waals surface area contributed by atoms with Gasteiger partial charge in [0.1, 0.15) is 6.04 Å². The lowest BCUT2D eigenvalue weighted by atomic mass is 9.96. The minimum Gasteiger partial charge on any atom is -0.371 e. The quantitative estimate of drug-likeness (QED) is 0.572. The molecule has 0 spiro atoms. The van der Waals surface area contributed by atoms with Crippen molar-refractivity contribution in [3.8, 4) is 0 Å². The molecule has 3 N–H and O–H groups in total. The van der Waals surface area contributed by atoms with Gasteiger partial charge in [-0.3, -0.25) is 9.59 Å². The Morgan fingerprint density at radius 1 is 1.00 bits per heavy atom. The topological polar surface area (TPSA) is 104 Å². The Hall–Kier alpha value is -2.87. The Kier molecular flexibility index (Phi) is 7.56. The number of aryl methyl sites for hydroxylation is 1. The first kappa shape index (κ1) is 24.3. The molecule has 0 aromatic heterocycles. The average Bonchev–Trinajstić information content (AvgIpc) is 2.77. The van der Waals surface area contributed by atoms with E-state index in [-0.39, 0.29) is 23.5 Å². The zero-order valence-electron chi connectivity index (χ0n) is 19.6. The summed E-state index contributed by atoms with van der Waals surface area (Å²) in [5.74, 6) is -0.988. The zero-order valence-corrected chi connectivity index (χ0v) is 20.4. The van der Waals surface area contributed by atoms with Gasteiger partial charge in [-0.15, -0.1) is 0 Å². The molecule has 1 aliphatic carbocycles. The second-order valence-corrected chi connectivity index (χ2v) is 11.6. The molecule has 0 unspecified atom stereocenters. The minimum absolute atomic E-state index is 0.113. The molecule has 7 nitrogen and oxygen atoms in total. The van der Waals surface area contributed by atoms with Gasteiger partial charge in [0.25, 0.3) is 5.91 Å². The van der Waals surface area contributed by atoms with E-state index in [0.717, 1.165) is 36.8 Å². The molecule has 2 aromatic carbocycles. The lowest BCUT2D eigenvalue weighted by molar-refractivity contribution is -0.116. The molecule has 1 saturated carbocycles. The van der Waals surface area contributed by atoms with Gasteiger partial charge in [0, 0.05) is 11.6 Å². The number of rotatable bonds is 6. The number of hydrogen-bond donors (Lipinski definition) is 3. The fourth-order valence-corrected chi connectivity index (χ4v) is 6.35. The predicted octanol–water partition coefficient (Wildman–Crippen LogP) is 4.19. The number of hydrogen-bond acceptors (Lipinski definition) is 5. The van der Waals surface area contributed by atoms with Crippen LogP contribution in [0.3, 0.4) is 0 Å². The van der Waals surface area contributed by atoms with E-state index in [1.807, 2.05) is 25.1 Å². The molecule has 1 fully saturated rings. The standard InChI is InChI=1S/C26H33N3O4S/c1-18-9-7-8-10-20(18)16-34(32,33)17-24-26(31)29-23-15-19(13-14-22(23)28-24)25(30)27-21-11-5-3-2-4-6-12-21/h7-10,13-15,21,24,28H,2-6,11-12,16-17H2,1H3,(H,27,30)(H,29,31)/t24-/m1/s1. The Balaban J connectivity index is 1.40. The van der Waals surface area contributed by atoms with Gasteiger partial charge in [-0.1, -0.05) is 56.4 Å². The van der Waals surface area contributed by atoms with Crippen molar-refractivity contribution in [2.45, 2.75) is 69.7 Å². The number of anilines is 2. The summed E-state index contributed by atoms with van der Waals surface area (Å²) in [4.78, 5) is 25.5. The van der Waals surface area contributed by atoms with Crippen LogP contribution in [0.1, 0.15) is 66.4 Å². The van der Waals surface area contributed by atoms with Gasteiger partial charge >= 0.3 is 0 Å². The highest BCUT2D eigenvalue weighted by atomic mass is 32.2. The number of carbonyl (C=O) groups is 2. The van der Waals surface area contributed by atoms with Crippen molar-refractivity contribution in [1.82, 2.24) is 5.32 Å². The highest BCUT2D eigenvalue weighted by Gasteiger charge is 2.31. The summed E-state index contributed by atoms with van der Waals surface area (Å²) < 4.78 is 25.6. The number of benzene rings is 2. The van der Waals surface area contributed by atoms with Crippen LogP contribution in [0.5, 0.6) is 0 Å². The Bertz CT molecular complexity index is 1150. The van der Waals surface area contributed by atoms with E-state index in [2.05, 4.69) is 16.0 Å². The van der Waals surface area contributed by atoms with E-state index in [1.165, 1.54) is 19.3 Å². The monoisotopic (exact) mass is 483 g/mol. The second kappa shape index (κ2) is 10.6. The van der Waals surface area contributed by atoms with Crippen LogP contribution in [0.2, 0.25) is 0 Å². The van der Waals surface area contributed by atoms with Crippen LogP contribution in [0, 0.1) is 6.92 Å². The summed E-state index contributed by atoms with van der Waals surface area (Å²) in [6.45, 7) is 1.87. The highest BCUT2D eigenvalue weighted by molar-refractivity contribution is 7.90. The van der Waals surface area contributed by atoms with Crippen molar-refractivity contribution in [2.24, 2.45) is 0 Å². The van der Waals surface area contributed by atoms with E-state index in [0.29, 0.717) is 16.9 Å².